The molecule has 1 heterocycles. The number of ether oxygens (including phenoxy) is 3. The normalized spacial score (nSPS) is 17.2. The summed E-state index contributed by atoms with van der Waals surface area (Å²) in [6.45, 7) is 0.563. The molecule has 2 aromatic carbocycles. The zero-order valence-electron chi connectivity index (χ0n) is 20.2. The van der Waals surface area contributed by atoms with E-state index in [-0.39, 0.29) is 30.1 Å². The van der Waals surface area contributed by atoms with Gasteiger partial charge < -0.3 is 19.1 Å². The Balaban J connectivity index is 1.64. The van der Waals surface area contributed by atoms with E-state index in [4.69, 9.17) is 14.2 Å². The average Bonchev–Trinajstić information content (AvgIpc) is 3.64. The van der Waals surface area contributed by atoms with Crippen LogP contribution in [0.15, 0.2) is 47.6 Å². The highest BCUT2D eigenvalue weighted by Gasteiger charge is 2.38. The highest BCUT2D eigenvalue weighted by Crippen LogP contribution is 2.37. The van der Waals surface area contributed by atoms with Crippen molar-refractivity contribution in [1.29, 1.82) is 0 Å². The average molecular weight is 484 g/mol. The number of hydrogen-bond donors (Lipinski definition) is 0. The molecule has 0 saturated heterocycles. The lowest BCUT2D eigenvalue weighted by Gasteiger charge is -2.27. The highest BCUT2D eigenvalue weighted by molar-refractivity contribution is 6.05. The molecule has 2 aliphatic rings. The van der Waals surface area contributed by atoms with Crippen molar-refractivity contribution in [2.24, 2.45) is 11.0 Å². The van der Waals surface area contributed by atoms with Gasteiger partial charge in [0.05, 0.1) is 32.6 Å². The van der Waals surface area contributed by atoms with Crippen LogP contribution < -0.4 is 9.47 Å². The molecule has 2 amide bonds. The number of nitrogens with zero attached hydrogens (tertiary/aromatic N) is 3. The van der Waals surface area contributed by atoms with Gasteiger partial charge in [0.25, 0.3) is 5.91 Å². The number of hydrazone groups is 1. The van der Waals surface area contributed by atoms with E-state index < -0.39 is 6.04 Å². The lowest BCUT2D eigenvalue weighted by atomic mass is 9.97. The Bertz CT molecular complexity index is 1100. The fourth-order valence-electron chi connectivity index (χ4n) is 4.18. The molecule has 0 spiro atoms. The molecule has 1 fully saturated rings. The van der Waals surface area contributed by atoms with Crippen molar-refractivity contribution in [2.45, 2.75) is 25.3 Å². The van der Waals surface area contributed by atoms with Crippen LogP contribution in [0, 0.1) is 11.7 Å². The van der Waals surface area contributed by atoms with Gasteiger partial charge in [-0.25, -0.2) is 9.40 Å². The van der Waals surface area contributed by atoms with Crippen molar-refractivity contribution >= 4 is 17.5 Å². The van der Waals surface area contributed by atoms with Gasteiger partial charge in [0.1, 0.15) is 23.9 Å². The minimum atomic E-state index is -0.440. The first-order chi connectivity index (χ1) is 16.9. The van der Waals surface area contributed by atoms with E-state index in [1.54, 1.807) is 50.5 Å². The van der Waals surface area contributed by atoms with Gasteiger partial charge in [0, 0.05) is 37.6 Å². The predicted octanol–water partition coefficient (Wildman–Crippen LogP) is 3.41. The molecule has 35 heavy (non-hydrogen) atoms. The molecule has 186 valence electrons. The predicted molar refractivity (Wildman–Crippen MR) is 128 cm³/mol. The van der Waals surface area contributed by atoms with Gasteiger partial charge in [-0.1, -0.05) is 12.1 Å². The van der Waals surface area contributed by atoms with Crippen LogP contribution in [0.4, 0.5) is 4.39 Å². The first kappa shape index (κ1) is 24.7. The molecular formula is C26H30FN3O5. The maximum atomic E-state index is 13.6. The minimum Gasteiger partial charge on any atom is -0.497 e. The summed E-state index contributed by atoms with van der Waals surface area (Å²) in [4.78, 5) is 27.8. The number of benzene rings is 2. The van der Waals surface area contributed by atoms with E-state index in [0.29, 0.717) is 36.8 Å². The van der Waals surface area contributed by atoms with Gasteiger partial charge in [0.2, 0.25) is 5.91 Å². The van der Waals surface area contributed by atoms with Gasteiger partial charge in [-0.05, 0) is 42.7 Å². The lowest BCUT2D eigenvalue weighted by Crippen LogP contribution is -2.43. The lowest BCUT2D eigenvalue weighted by molar-refractivity contribution is -0.142. The van der Waals surface area contributed by atoms with Crippen molar-refractivity contribution in [3.63, 3.8) is 0 Å². The van der Waals surface area contributed by atoms with Crippen LogP contribution in [0.5, 0.6) is 11.5 Å². The third-order valence-corrected chi connectivity index (χ3v) is 6.27. The van der Waals surface area contributed by atoms with Gasteiger partial charge in [-0.2, -0.15) is 5.10 Å². The number of halogens is 1. The molecule has 8 nitrogen and oxygen atoms in total. The molecular weight excluding hydrogens is 453 g/mol. The molecule has 1 atom stereocenters. The van der Waals surface area contributed by atoms with E-state index in [0.717, 1.165) is 24.0 Å². The Morgan fingerprint density at radius 2 is 1.83 bits per heavy atom. The van der Waals surface area contributed by atoms with Crippen LogP contribution in [-0.4, -0.2) is 68.5 Å². The van der Waals surface area contributed by atoms with Crippen molar-refractivity contribution < 1.29 is 28.2 Å². The summed E-state index contributed by atoms with van der Waals surface area (Å²) in [6, 6.07) is 11.0. The Labute approximate surface area is 204 Å². The summed E-state index contributed by atoms with van der Waals surface area (Å²) in [5.41, 5.74) is 2.15. The summed E-state index contributed by atoms with van der Waals surface area (Å²) >= 11 is 0. The molecule has 9 heteroatoms. The van der Waals surface area contributed by atoms with Crippen molar-refractivity contribution in [3.8, 4) is 11.5 Å². The first-order valence-corrected chi connectivity index (χ1v) is 11.6. The van der Waals surface area contributed by atoms with E-state index in [1.165, 1.54) is 17.1 Å². The number of carbonyl (C=O) groups is 2. The fraction of sp³-hybridized carbons (Fsp3) is 0.423. The van der Waals surface area contributed by atoms with E-state index in [1.807, 2.05) is 6.07 Å². The summed E-state index contributed by atoms with van der Waals surface area (Å²) in [5.74, 6) is 0.485. The number of methoxy groups -OCH3 is 3. The first-order valence-electron chi connectivity index (χ1n) is 11.6. The second-order valence-electron chi connectivity index (χ2n) is 8.65. The molecule has 1 saturated carbocycles. The second-order valence-corrected chi connectivity index (χ2v) is 8.65. The van der Waals surface area contributed by atoms with Gasteiger partial charge >= 0.3 is 0 Å². The van der Waals surface area contributed by atoms with Crippen LogP contribution in [0.3, 0.4) is 0 Å². The molecule has 4 rings (SSSR count). The van der Waals surface area contributed by atoms with Crippen molar-refractivity contribution in [1.82, 2.24) is 9.91 Å². The van der Waals surface area contributed by atoms with Crippen LogP contribution in [0.25, 0.3) is 0 Å². The molecule has 1 aliphatic heterocycles. The number of carbonyl (C=O) groups excluding carboxylic acids is 2. The standard InChI is InChI=1S/C26H30FN3O5/c1-33-13-12-29(26(32)18-4-5-18)16-25(31)30-23(17-6-8-19(27)9-7-17)15-22(28-30)21-11-10-20(34-2)14-24(21)35-3/h6-11,14,18,23H,4-5,12-13,15-16H2,1-3H3. The Hall–Kier alpha value is -3.46. The maximum absolute atomic E-state index is 13.6. The monoisotopic (exact) mass is 483 g/mol. The molecule has 1 aliphatic carbocycles. The van der Waals surface area contributed by atoms with Crippen molar-refractivity contribution in [2.75, 3.05) is 41.0 Å². The minimum absolute atomic E-state index is 0.0197. The molecule has 2 aromatic rings. The van der Waals surface area contributed by atoms with Crippen LogP contribution in [0.2, 0.25) is 0 Å². The molecule has 0 N–H and O–H groups in total. The molecule has 1 unspecified atom stereocenters. The zero-order chi connectivity index (χ0) is 24.9. The van der Waals surface area contributed by atoms with E-state index >= 15 is 0 Å². The van der Waals surface area contributed by atoms with Crippen LogP contribution in [-0.2, 0) is 14.3 Å². The number of amides is 2. The van der Waals surface area contributed by atoms with Crippen molar-refractivity contribution in [3.05, 3.63) is 59.4 Å². The Morgan fingerprint density at radius 1 is 1.09 bits per heavy atom. The van der Waals surface area contributed by atoms with Gasteiger partial charge in [-0.15, -0.1) is 0 Å². The highest BCUT2D eigenvalue weighted by atomic mass is 19.1. The van der Waals surface area contributed by atoms with Gasteiger partial charge in [0.15, 0.2) is 0 Å². The van der Waals surface area contributed by atoms with Crippen LogP contribution in [0.1, 0.15) is 36.4 Å². The summed E-state index contributed by atoms with van der Waals surface area (Å²) < 4.78 is 29.6. The summed E-state index contributed by atoms with van der Waals surface area (Å²) in [6.07, 6.45) is 2.10. The Morgan fingerprint density at radius 3 is 2.46 bits per heavy atom. The third-order valence-electron chi connectivity index (χ3n) is 6.27. The van der Waals surface area contributed by atoms with Gasteiger partial charge in [-0.3, -0.25) is 9.59 Å². The van der Waals surface area contributed by atoms with E-state index in [9.17, 15) is 14.0 Å². The third kappa shape index (κ3) is 5.62. The second kappa shape index (κ2) is 10.9. The topological polar surface area (TPSA) is 80.7 Å². The SMILES string of the molecule is COCCN(CC(=O)N1N=C(c2ccc(OC)cc2OC)CC1c1ccc(F)cc1)C(=O)C1CC1. The number of hydrogen-bond acceptors (Lipinski definition) is 6. The zero-order valence-corrected chi connectivity index (χ0v) is 20.2. The quantitative estimate of drug-likeness (QED) is 0.518. The van der Waals surface area contributed by atoms with E-state index in [2.05, 4.69) is 5.10 Å². The summed E-state index contributed by atoms with van der Waals surface area (Å²) in [5, 5.41) is 6.08. The van der Waals surface area contributed by atoms with Crippen LogP contribution >= 0.6 is 0 Å². The summed E-state index contributed by atoms with van der Waals surface area (Å²) in [7, 11) is 4.70. The smallest absolute Gasteiger partial charge is 0.262 e. The number of rotatable bonds is 10. The maximum Gasteiger partial charge on any atom is 0.262 e. The molecule has 0 radical (unpaired) electrons. The largest absolute Gasteiger partial charge is 0.497 e. The molecule has 0 aromatic heterocycles. The molecule has 0 bridgehead atoms. The Kier molecular flexibility index (Phi) is 7.65. The fourth-order valence-corrected chi connectivity index (χ4v) is 4.18.